The number of amides is 1. The lowest BCUT2D eigenvalue weighted by Gasteiger charge is -2.33. The van der Waals surface area contributed by atoms with Gasteiger partial charge in [0.1, 0.15) is 18.5 Å². The fourth-order valence-electron chi connectivity index (χ4n) is 4.54. The molecule has 178 valence electrons. The molecule has 34 heavy (non-hydrogen) atoms. The summed E-state index contributed by atoms with van der Waals surface area (Å²) in [6.07, 6.45) is 2.15. The minimum atomic E-state index is -0.663. The molecule has 6 heteroatoms. The number of nitrogens with zero attached hydrogens (tertiary/aromatic N) is 1. The van der Waals surface area contributed by atoms with Gasteiger partial charge in [-0.2, -0.15) is 0 Å². The molecule has 0 unspecified atom stereocenters. The lowest BCUT2D eigenvalue weighted by molar-refractivity contribution is 0.0470. The van der Waals surface area contributed by atoms with E-state index in [1.165, 1.54) is 0 Å². The number of hydrogen-bond acceptors (Lipinski definition) is 5. The first-order valence-electron chi connectivity index (χ1n) is 11.9. The Bertz CT molecular complexity index is 1150. The highest BCUT2D eigenvalue weighted by molar-refractivity contribution is 6.14. The van der Waals surface area contributed by atoms with Gasteiger partial charge in [-0.25, -0.2) is 4.79 Å². The smallest absolute Gasteiger partial charge is 0.339 e. The molecule has 0 radical (unpaired) electrons. The monoisotopic (exact) mass is 460 g/mol. The summed E-state index contributed by atoms with van der Waals surface area (Å²) in [7, 11) is 0. The van der Waals surface area contributed by atoms with Gasteiger partial charge in [0.05, 0.1) is 11.1 Å². The third kappa shape index (κ3) is 5.75. The first kappa shape index (κ1) is 23.8. The Morgan fingerprint density at radius 1 is 1.03 bits per heavy atom. The van der Waals surface area contributed by atoms with Gasteiger partial charge in [0.25, 0.3) is 0 Å². The molecule has 1 aliphatic heterocycles. The lowest BCUT2D eigenvalue weighted by atomic mass is 9.98. The van der Waals surface area contributed by atoms with Crippen LogP contribution >= 0.6 is 0 Å². The van der Waals surface area contributed by atoms with E-state index in [1.54, 1.807) is 18.2 Å². The number of ether oxygens (including phenoxy) is 2. The molecule has 3 aromatic rings. The fraction of sp³-hybridized carbons (Fsp3) is 0.357. The molecule has 0 aliphatic carbocycles. The summed E-state index contributed by atoms with van der Waals surface area (Å²) < 4.78 is 11.7. The number of likely N-dealkylation sites (tertiary alicyclic amines) is 1. The Morgan fingerprint density at radius 3 is 2.44 bits per heavy atom. The molecule has 1 aliphatic rings. The second kappa shape index (κ2) is 10.7. The van der Waals surface area contributed by atoms with Crippen LogP contribution in [0.15, 0.2) is 60.7 Å². The van der Waals surface area contributed by atoms with Gasteiger partial charge in [0.15, 0.2) is 0 Å². The van der Waals surface area contributed by atoms with Gasteiger partial charge in [-0.1, -0.05) is 50.2 Å². The minimum absolute atomic E-state index is 0.124. The first-order chi connectivity index (χ1) is 16.4. The van der Waals surface area contributed by atoms with Crippen LogP contribution in [-0.4, -0.2) is 42.5 Å². The van der Waals surface area contributed by atoms with Crippen molar-refractivity contribution in [3.63, 3.8) is 0 Å². The molecule has 1 saturated heterocycles. The quantitative estimate of drug-likeness (QED) is 0.489. The summed E-state index contributed by atoms with van der Waals surface area (Å²) >= 11 is 0. The van der Waals surface area contributed by atoms with Crippen molar-refractivity contribution in [2.24, 2.45) is 11.7 Å². The molecular formula is C28H32N2O4. The molecule has 6 nitrogen and oxygen atoms in total. The van der Waals surface area contributed by atoms with E-state index in [2.05, 4.69) is 18.7 Å². The molecule has 0 spiro atoms. The van der Waals surface area contributed by atoms with Crippen LogP contribution in [0.5, 0.6) is 5.75 Å². The van der Waals surface area contributed by atoms with E-state index in [0.717, 1.165) is 49.2 Å². The highest BCUT2D eigenvalue weighted by atomic mass is 16.5. The van der Waals surface area contributed by atoms with E-state index < -0.39 is 11.9 Å². The summed E-state index contributed by atoms with van der Waals surface area (Å²) in [4.78, 5) is 27.5. The van der Waals surface area contributed by atoms with Gasteiger partial charge in [-0.05, 0) is 59.4 Å². The Kier molecular flexibility index (Phi) is 7.48. The van der Waals surface area contributed by atoms with Gasteiger partial charge in [0, 0.05) is 19.6 Å². The SMILES string of the molecule is CC(C)CN1CCC(Oc2ccc3c(C(N)=O)c(C(=O)OCc4ccccc4)ccc3c2)CC1. The second-order valence-corrected chi connectivity index (χ2v) is 9.31. The molecule has 0 aromatic heterocycles. The van der Waals surface area contributed by atoms with Crippen molar-refractivity contribution >= 4 is 22.6 Å². The molecule has 0 atom stereocenters. The molecule has 3 aromatic carbocycles. The number of nitrogens with two attached hydrogens (primary N) is 1. The Labute approximate surface area is 200 Å². The Balaban J connectivity index is 1.48. The molecule has 4 rings (SSSR count). The maximum atomic E-state index is 12.8. The van der Waals surface area contributed by atoms with Gasteiger partial charge in [0.2, 0.25) is 5.91 Å². The van der Waals surface area contributed by atoms with Crippen LogP contribution in [0.25, 0.3) is 10.8 Å². The summed E-state index contributed by atoms with van der Waals surface area (Å²) in [5.74, 6) is 0.180. The predicted octanol–water partition coefficient (Wildman–Crippen LogP) is 4.79. The number of carbonyl (C=O) groups is 2. The third-order valence-corrected chi connectivity index (χ3v) is 6.13. The van der Waals surface area contributed by atoms with Crippen LogP contribution in [-0.2, 0) is 11.3 Å². The minimum Gasteiger partial charge on any atom is -0.490 e. The van der Waals surface area contributed by atoms with Crippen LogP contribution in [0, 0.1) is 5.92 Å². The van der Waals surface area contributed by atoms with Gasteiger partial charge in [-0.15, -0.1) is 0 Å². The number of piperidine rings is 1. The normalized spacial score (nSPS) is 14.9. The van der Waals surface area contributed by atoms with Crippen LogP contribution in [0.3, 0.4) is 0 Å². The summed E-state index contributed by atoms with van der Waals surface area (Å²) in [6.45, 7) is 7.81. The topological polar surface area (TPSA) is 81.9 Å². The molecule has 1 fully saturated rings. The van der Waals surface area contributed by atoms with Crippen molar-refractivity contribution in [3.05, 3.63) is 77.4 Å². The van der Waals surface area contributed by atoms with Crippen LogP contribution in [0.2, 0.25) is 0 Å². The van der Waals surface area contributed by atoms with E-state index >= 15 is 0 Å². The number of carbonyl (C=O) groups excluding carboxylic acids is 2. The van der Waals surface area contributed by atoms with E-state index in [9.17, 15) is 9.59 Å². The molecule has 0 bridgehead atoms. The number of esters is 1. The fourth-order valence-corrected chi connectivity index (χ4v) is 4.54. The number of benzene rings is 3. The van der Waals surface area contributed by atoms with Crippen molar-refractivity contribution in [2.45, 2.75) is 39.4 Å². The van der Waals surface area contributed by atoms with Crippen molar-refractivity contribution in [1.29, 1.82) is 0 Å². The zero-order valence-corrected chi connectivity index (χ0v) is 19.8. The molecule has 2 N–H and O–H groups in total. The lowest BCUT2D eigenvalue weighted by Crippen LogP contribution is -2.39. The maximum absolute atomic E-state index is 12.8. The van der Waals surface area contributed by atoms with Gasteiger partial charge in [-0.3, -0.25) is 4.79 Å². The predicted molar refractivity (Wildman–Crippen MR) is 133 cm³/mol. The van der Waals surface area contributed by atoms with Crippen LogP contribution in [0.4, 0.5) is 0 Å². The van der Waals surface area contributed by atoms with Crippen molar-refractivity contribution in [2.75, 3.05) is 19.6 Å². The van der Waals surface area contributed by atoms with Crippen molar-refractivity contribution in [3.8, 4) is 5.75 Å². The van der Waals surface area contributed by atoms with Crippen LogP contribution < -0.4 is 10.5 Å². The molecule has 1 heterocycles. The maximum Gasteiger partial charge on any atom is 0.339 e. The van der Waals surface area contributed by atoms with E-state index in [4.69, 9.17) is 15.2 Å². The Morgan fingerprint density at radius 2 is 1.76 bits per heavy atom. The summed E-state index contributed by atoms with van der Waals surface area (Å²) in [6, 6.07) is 18.3. The van der Waals surface area contributed by atoms with E-state index in [1.807, 2.05) is 42.5 Å². The van der Waals surface area contributed by atoms with E-state index in [0.29, 0.717) is 11.3 Å². The second-order valence-electron chi connectivity index (χ2n) is 9.31. The standard InChI is InChI=1S/C28H32N2O4/c1-19(2)17-30-14-12-22(13-15-30)34-23-9-11-24-21(16-23)8-10-25(26(24)27(29)31)28(32)33-18-20-6-4-3-5-7-20/h3-11,16,19,22H,12-15,17-18H2,1-2H3,(H2,29,31). The van der Waals surface area contributed by atoms with Crippen molar-refractivity contribution in [1.82, 2.24) is 4.90 Å². The Hall–Kier alpha value is -3.38. The van der Waals surface area contributed by atoms with Crippen molar-refractivity contribution < 1.29 is 19.1 Å². The van der Waals surface area contributed by atoms with Gasteiger partial charge >= 0.3 is 5.97 Å². The summed E-state index contributed by atoms with van der Waals surface area (Å²) in [5.41, 5.74) is 6.89. The molecular weight excluding hydrogens is 428 g/mol. The van der Waals surface area contributed by atoms with E-state index in [-0.39, 0.29) is 23.8 Å². The number of fused-ring (bicyclic) bond motifs is 1. The average Bonchev–Trinajstić information content (AvgIpc) is 2.83. The molecule has 1 amide bonds. The zero-order chi connectivity index (χ0) is 24.1. The average molecular weight is 461 g/mol. The number of primary amides is 1. The molecule has 0 saturated carbocycles. The van der Waals surface area contributed by atoms with Crippen LogP contribution in [0.1, 0.15) is 53.0 Å². The summed E-state index contributed by atoms with van der Waals surface area (Å²) in [5, 5.41) is 1.41. The largest absolute Gasteiger partial charge is 0.490 e. The number of hydrogen-bond donors (Lipinski definition) is 1. The highest BCUT2D eigenvalue weighted by Crippen LogP contribution is 2.29. The number of rotatable bonds is 8. The third-order valence-electron chi connectivity index (χ3n) is 6.13. The highest BCUT2D eigenvalue weighted by Gasteiger charge is 2.23. The van der Waals surface area contributed by atoms with Gasteiger partial charge < -0.3 is 20.1 Å². The zero-order valence-electron chi connectivity index (χ0n) is 19.8. The first-order valence-corrected chi connectivity index (χ1v) is 11.9.